The van der Waals surface area contributed by atoms with Gasteiger partial charge in [0, 0.05) is 5.69 Å². The van der Waals surface area contributed by atoms with Crippen LogP contribution in [0.4, 0.5) is 5.69 Å². The van der Waals surface area contributed by atoms with Crippen LogP contribution in [0.2, 0.25) is 0 Å². The highest BCUT2D eigenvalue weighted by Crippen LogP contribution is 2.24. The van der Waals surface area contributed by atoms with E-state index in [1.54, 1.807) is 0 Å². The quantitative estimate of drug-likeness (QED) is 0.704. The molecule has 0 fully saturated rings. The normalized spacial score (nSPS) is 10.6. The van der Waals surface area contributed by atoms with Crippen LogP contribution in [0, 0.1) is 0 Å². The van der Waals surface area contributed by atoms with Crippen molar-refractivity contribution in [3.63, 3.8) is 0 Å². The average Bonchev–Trinajstić information content (AvgIpc) is 2.23. The van der Waals surface area contributed by atoms with Gasteiger partial charge >= 0.3 is 0 Å². The zero-order chi connectivity index (χ0) is 9.97. The summed E-state index contributed by atoms with van der Waals surface area (Å²) >= 11 is 0. The number of hydrogen-bond acceptors (Lipinski definition) is 2. The van der Waals surface area contributed by atoms with Crippen LogP contribution in [0.1, 0.15) is 5.56 Å². The number of nitrogen functional groups attached to an aromatic ring is 1. The van der Waals surface area contributed by atoms with Crippen LogP contribution in [0.3, 0.4) is 0 Å². The lowest BCUT2D eigenvalue weighted by Crippen LogP contribution is -2.05. The molecule has 0 unspecified atom stereocenters. The van der Waals surface area contributed by atoms with Gasteiger partial charge in [-0.25, -0.2) is 0 Å². The largest absolute Gasteiger partial charge is 0.398 e. The number of nitrogens with two attached hydrogens (primary N) is 2. The van der Waals surface area contributed by atoms with Crippen LogP contribution in [-0.2, 0) is 6.42 Å². The molecule has 0 saturated heterocycles. The molecule has 0 amide bonds. The van der Waals surface area contributed by atoms with Crippen LogP contribution in [-0.4, -0.2) is 6.54 Å². The number of fused-ring (bicyclic) bond motifs is 1. The molecule has 2 aromatic rings. The van der Waals surface area contributed by atoms with Crippen molar-refractivity contribution in [3.8, 4) is 0 Å². The van der Waals surface area contributed by atoms with Gasteiger partial charge < -0.3 is 11.5 Å². The number of rotatable bonds is 2. The molecule has 14 heavy (non-hydrogen) atoms. The first-order valence-electron chi connectivity index (χ1n) is 4.79. The van der Waals surface area contributed by atoms with Gasteiger partial charge in [0.05, 0.1) is 0 Å². The van der Waals surface area contributed by atoms with Crippen molar-refractivity contribution in [2.24, 2.45) is 5.73 Å². The van der Waals surface area contributed by atoms with Gasteiger partial charge in [-0.05, 0) is 35.4 Å². The van der Waals surface area contributed by atoms with Crippen molar-refractivity contribution in [3.05, 3.63) is 42.0 Å². The summed E-state index contributed by atoms with van der Waals surface area (Å²) in [6.07, 6.45) is 0.840. The van der Waals surface area contributed by atoms with Crippen LogP contribution >= 0.6 is 0 Å². The molecule has 0 heterocycles. The van der Waals surface area contributed by atoms with Crippen molar-refractivity contribution in [2.75, 3.05) is 12.3 Å². The minimum absolute atomic E-state index is 0.637. The summed E-state index contributed by atoms with van der Waals surface area (Å²) in [6, 6.07) is 12.2. The Labute approximate surface area is 83.5 Å². The molecule has 0 aliphatic rings. The molecule has 0 aliphatic heterocycles. The lowest BCUT2D eigenvalue weighted by atomic mass is 10.0. The van der Waals surface area contributed by atoms with E-state index >= 15 is 0 Å². The third-order valence-electron chi connectivity index (χ3n) is 2.47. The van der Waals surface area contributed by atoms with Crippen molar-refractivity contribution in [2.45, 2.75) is 6.42 Å². The summed E-state index contributed by atoms with van der Waals surface area (Å²) in [4.78, 5) is 0. The van der Waals surface area contributed by atoms with Crippen molar-refractivity contribution < 1.29 is 0 Å². The maximum atomic E-state index is 5.92. The molecular formula is C12H14N2. The Balaban J connectivity index is 2.69. The first kappa shape index (κ1) is 9.03. The Morgan fingerprint density at radius 3 is 2.57 bits per heavy atom. The van der Waals surface area contributed by atoms with Crippen molar-refractivity contribution in [1.29, 1.82) is 0 Å². The third kappa shape index (κ3) is 1.44. The smallest absolute Gasteiger partial charge is 0.0353 e. The first-order valence-corrected chi connectivity index (χ1v) is 4.79. The van der Waals surface area contributed by atoms with Gasteiger partial charge in [-0.15, -0.1) is 0 Å². The topological polar surface area (TPSA) is 52.0 Å². The second kappa shape index (κ2) is 3.68. The van der Waals surface area contributed by atoms with E-state index in [1.165, 1.54) is 16.3 Å². The Morgan fingerprint density at radius 2 is 1.79 bits per heavy atom. The van der Waals surface area contributed by atoms with E-state index in [9.17, 15) is 0 Å². The van der Waals surface area contributed by atoms with Crippen molar-refractivity contribution >= 4 is 16.5 Å². The summed E-state index contributed by atoms with van der Waals surface area (Å²) in [7, 11) is 0. The van der Waals surface area contributed by atoms with E-state index in [0.717, 1.165) is 12.1 Å². The molecule has 2 nitrogen and oxygen atoms in total. The Morgan fingerprint density at radius 1 is 1.00 bits per heavy atom. The minimum atomic E-state index is 0.637. The predicted molar refractivity (Wildman–Crippen MR) is 61.1 cm³/mol. The summed E-state index contributed by atoms with van der Waals surface area (Å²) in [5, 5.41) is 2.45. The Bertz CT molecular complexity index is 449. The highest BCUT2D eigenvalue weighted by atomic mass is 14.6. The molecule has 72 valence electrons. The first-order chi connectivity index (χ1) is 6.83. The molecule has 4 N–H and O–H groups in total. The SMILES string of the molecule is NCCc1c(N)ccc2ccccc12. The Kier molecular flexibility index (Phi) is 2.37. The van der Waals surface area contributed by atoms with Crippen LogP contribution in [0.5, 0.6) is 0 Å². The molecule has 2 heteroatoms. The van der Waals surface area contributed by atoms with Crippen LogP contribution in [0.25, 0.3) is 10.8 Å². The standard InChI is InChI=1S/C12H14N2/c13-8-7-11-10-4-2-1-3-9(10)5-6-12(11)14/h1-6H,7-8,13-14H2. The van der Waals surface area contributed by atoms with E-state index in [4.69, 9.17) is 11.5 Å². The number of benzene rings is 2. The average molecular weight is 186 g/mol. The van der Waals surface area contributed by atoms with Crippen LogP contribution < -0.4 is 11.5 Å². The molecule has 0 atom stereocenters. The van der Waals surface area contributed by atoms with E-state index in [0.29, 0.717) is 6.54 Å². The minimum Gasteiger partial charge on any atom is -0.398 e. The lowest BCUT2D eigenvalue weighted by molar-refractivity contribution is 0.980. The molecular weight excluding hydrogens is 172 g/mol. The van der Waals surface area contributed by atoms with Gasteiger partial charge in [-0.1, -0.05) is 30.3 Å². The maximum Gasteiger partial charge on any atom is 0.0353 e. The summed E-state index contributed by atoms with van der Waals surface area (Å²) < 4.78 is 0. The second-order valence-electron chi connectivity index (χ2n) is 3.39. The van der Waals surface area contributed by atoms with E-state index in [2.05, 4.69) is 12.1 Å². The number of hydrogen-bond donors (Lipinski definition) is 2. The fourth-order valence-electron chi connectivity index (χ4n) is 1.78. The second-order valence-corrected chi connectivity index (χ2v) is 3.39. The van der Waals surface area contributed by atoms with Gasteiger partial charge in [0.25, 0.3) is 0 Å². The third-order valence-corrected chi connectivity index (χ3v) is 2.47. The van der Waals surface area contributed by atoms with Gasteiger partial charge in [-0.2, -0.15) is 0 Å². The van der Waals surface area contributed by atoms with Crippen LogP contribution in [0.15, 0.2) is 36.4 Å². The predicted octanol–water partition coefficient (Wildman–Crippen LogP) is 1.92. The van der Waals surface area contributed by atoms with Gasteiger partial charge in [0.1, 0.15) is 0 Å². The highest BCUT2D eigenvalue weighted by Gasteiger charge is 2.03. The van der Waals surface area contributed by atoms with E-state index in [-0.39, 0.29) is 0 Å². The van der Waals surface area contributed by atoms with Gasteiger partial charge in [0.2, 0.25) is 0 Å². The van der Waals surface area contributed by atoms with E-state index < -0.39 is 0 Å². The van der Waals surface area contributed by atoms with E-state index in [1.807, 2.05) is 24.3 Å². The molecule has 0 bridgehead atoms. The molecule has 0 spiro atoms. The van der Waals surface area contributed by atoms with Crippen molar-refractivity contribution in [1.82, 2.24) is 0 Å². The zero-order valence-corrected chi connectivity index (χ0v) is 8.03. The fraction of sp³-hybridized carbons (Fsp3) is 0.167. The zero-order valence-electron chi connectivity index (χ0n) is 8.03. The molecule has 0 radical (unpaired) electrons. The fourth-order valence-corrected chi connectivity index (χ4v) is 1.78. The van der Waals surface area contributed by atoms with Gasteiger partial charge in [-0.3, -0.25) is 0 Å². The summed E-state index contributed by atoms with van der Waals surface area (Å²) in [6.45, 7) is 0.637. The number of anilines is 1. The summed E-state index contributed by atoms with van der Waals surface area (Å²) in [5.41, 5.74) is 13.5. The summed E-state index contributed by atoms with van der Waals surface area (Å²) in [5.74, 6) is 0. The molecule has 2 aromatic carbocycles. The maximum absolute atomic E-state index is 5.92. The van der Waals surface area contributed by atoms with Gasteiger partial charge in [0.15, 0.2) is 0 Å². The molecule has 0 aliphatic carbocycles. The monoisotopic (exact) mass is 186 g/mol. The highest BCUT2D eigenvalue weighted by molar-refractivity contribution is 5.89. The lowest BCUT2D eigenvalue weighted by Gasteiger charge is -2.08. The molecule has 2 rings (SSSR count). The Hall–Kier alpha value is -1.54. The molecule has 0 saturated carbocycles. The molecule has 0 aromatic heterocycles.